The first-order chi connectivity index (χ1) is 18.9. The largest absolute Gasteiger partial charge is 0.540 e. The highest BCUT2D eigenvalue weighted by atomic mass is 32.4. The molecule has 0 aromatic heterocycles. The molecule has 2 aromatic carbocycles. The topological polar surface area (TPSA) is 112 Å². The third-order valence-electron chi connectivity index (χ3n) is 5.40. The Labute approximate surface area is 249 Å². The minimum Gasteiger partial charge on any atom is -0.466 e. The maximum absolute atomic E-state index is 12.7. The monoisotopic (exact) mass is 689 g/mol. The molecule has 18 heteroatoms. The fourth-order valence-electron chi connectivity index (χ4n) is 3.15. The molecule has 2 aromatic rings. The van der Waals surface area contributed by atoms with E-state index in [-0.39, 0.29) is 12.6 Å². The van der Waals surface area contributed by atoms with Crippen molar-refractivity contribution in [3.05, 3.63) is 59.7 Å². The summed E-state index contributed by atoms with van der Waals surface area (Å²) in [5.74, 6) is 1.42. The van der Waals surface area contributed by atoms with Gasteiger partial charge in [-0.2, -0.15) is 13.9 Å². The van der Waals surface area contributed by atoms with Crippen molar-refractivity contribution >= 4 is 66.0 Å². The molecule has 222 valence electrons. The molecule has 3 unspecified atom stereocenters. The van der Waals surface area contributed by atoms with E-state index in [1.807, 2.05) is 48.5 Å². The predicted octanol–water partition coefficient (Wildman–Crippen LogP) is 6.45. The summed E-state index contributed by atoms with van der Waals surface area (Å²) < 4.78 is 46.4. The Morgan fingerprint density at radius 2 is 1.62 bits per heavy atom. The summed E-state index contributed by atoms with van der Waals surface area (Å²) in [6.07, 6.45) is 2.32. The van der Waals surface area contributed by atoms with Crippen molar-refractivity contribution in [1.82, 2.24) is 9.68 Å². The third kappa shape index (κ3) is 12.5. The smallest absolute Gasteiger partial charge is 0.466 e. The summed E-state index contributed by atoms with van der Waals surface area (Å²) in [5, 5.41) is 4.41. The zero-order valence-corrected chi connectivity index (χ0v) is 29.7. The number of hydrazone groups is 1. The van der Waals surface area contributed by atoms with Crippen LogP contribution in [0.3, 0.4) is 0 Å². The highest BCUT2D eigenvalue weighted by Gasteiger charge is 2.42. The lowest BCUT2D eigenvalue weighted by Crippen LogP contribution is -2.31. The average molecular weight is 689 g/mol. The van der Waals surface area contributed by atoms with Gasteiger partial charge in [0.15, 0.2) is 12.0 Å². The van der Waals surface area contributed by atoms with Crippen LogP contribution in [0.25, 0.3) is 0 Å². The summed E-state index contributed by atoms with van der Waals surface area (Å²) >= 11 is 5.52. The number of hydrogen-bond donors (Lipinski definition) is 1. The molecule has 0 spiro atoms. The van der Waals surface area contributed by atoms with Crippen LogP contribution in [-0.4, -0.2) is 75.4 Å². The predicted molar refractivity (Wildman–Crippen MR) is 175 cm³/mol. The van der Waals surface area contributed by atoms with E-state index in [0.717, 1.165) is 16.9 Å². The van der Waals surface area contributed by atoms with Gasteiger partial charge in [-0.1, -0.05) is 34.8 Å². The first kappa shape index (κ1) is 35.9. The molecule has 0 fully saturated rings. The fourth-order valence-corrected chi connectivity index (χ4v) is 7.58. The van der Waals surface area contributed by atoms with Gasteiger partial charge < -0.3 is 13.6 Å². The van der Waals surface area contributed by atoms with Crippen LogP contribution in [0.15, 0.2) is 53.6 Å². The number of hydrogen-bond acceptors (Lipinski definition) is 11. The minimum absolute atomic E-state index is 0.0295. The quantitative estimate of drug-likeness (QED) is 0.106. The number of rotatable bonds is 18. The van der Waals surface area contributed by atoms with E-state index in [4.69, 9.17) is 38.9 Å². The van der Waals surface area contributed by atoms with Crippen molar-refractivity contribution in [2.45, 2.75) is 6.42 Å². The highest BCUT2D eigenvalue weighted by Crippen LogP contribution is 2.57. The summed E-state index contributed by atoms with van der Waals surface area (Å²) in [6, 6.07) is 15.2. The van der Waals surface area contributed by atoms with Crippen LogP contribution in [0.2, 0.25) is 0 Å². The van der Waals surface area contributed by atoms with Gasteiger partial charge >= 0.3 is 22.6 Å². The van der Waals surface area contributed by atoms with Crippen LogP contribution >= 0.6 is 48.0 Å². The lowest BCUT2D eigenvalue weighted by Gasteiger charge is -2.26. The van der Waals surface area contributed by atoms with E-state index in [9.17, 15) is 9.46 Å². The van der Waals surface area contributed by atoms with Gasteiger partial charge in [-0.05, 0) is 53.9 Å². The molecular weight excluding hydrogens is 652 g/mol. The second kappa shape index (κ2) is 17.8. The van der Waals surface area contributed by atoms with Crippen LogP contribution in [0.4, 0.5) is 0 Å². The van der Waals surface area contributed by atoms with Gasteiger partial charge in [0.2, 0.25) is 11.8 Å². The summed E-state index contributed by atoms with van der Waals surface area (Å²) in [5.41, 5.74) is 1.92. The van der Waals surface area contributed by atoms with Gasteiger partial charge in [-0.25, -0.2) is 0 Å². The third-order valence-corrected chi connectivity index (χ3v) is 12.1. The Morgan fingerprint density at radius 1 is 1.05 bits per heavy atom. The van der Waals surface area contributed by atoms with Crippen molar-refractivity contribution in [2.24, 2.45) is 5.10 Å². The van der Waals surface area contributed by atoms with Crippen molar-refractivity contribution in [3.8, 4) is 11.5 Å². The van der Waals surface area contributed by atoms with E-state index in [2.05, 4.69) is 23.0 Å². The first-order valence-corrected chi connectivity index (χ1v) is 21.9. The van der Waals surface area contributed by atoms with E-state index in [0.29, 0.717) is 18.7 Å². The molecule has 0 radical (unpaired) electrons. The Balaban J connectivity index is 1.96. The summed E-state index contributed by atoms with van der Waals surface area (Å²) in [6.45, 7) is 0.445. The molecule has 2 rings (SSSR count). The van der Waals surface area contributed by atoms with Gasteiger partial charge in [-0.3, -0.25) is 14.0 Å². The Kier molecular flexibility index (Phi) is 16.0. The molecule has 3 atom stereocenters. The van der Waals surface area contributed by atoms with E-state index in [1.54, 1.807) is 22.9 Å². The molecule has 40 heavy (non-hydrogen) atoms. The normalized spacial score (nSPS) is 12.8. The zero-order chi connectivity index (χ0) is 29.8. The first-order valence-electron chi connectivity index (χ1n) is 11.7. The van der Waals surface area contributed by atoms with Gasteiger partial charge in [0.1, 0.15) is 19.6 Å². The zero-order valence-electron chi connectivity index (χ0n) is 23.0. The summed E-state index contributed by atoms with van der Waals surface area (Å²) in [7, 11) is 3.84. The van der Waals surface area contributed by atoms with Crippen LogP contribution in [0, 0.1) is 0 Å². The van der Waals surface area contributed by atoms with Crippen molar-refractivity contribution in [2.75, 3.05) is 54.6 Å². The lowest BCUT2D eigenvalue weighted by atomic mass is 10.1. The van der Waals surface area contributed by atoms with E-state index < -0.39 is 30.1 Å². The standard InChI is InChI=1S/C22H37N3O8P6S/c1-24(23-16-20-8-12-22(13-9-20)33-37(34)35)36(40)32-21-10-6-19(7-11-21)14-15-25(17-38(26,28-2)29-3)18-39(27,30-4)31-5/h6-13,16,26H,14-15,17-18,34-35H2,1-5H3/q+2/b23-16-. The van der Waals surface area contributed by atoms with Gasteiger partial charge in [-0.15, -0.1) is 5.10 Å². The van der Waals surface area contributed by atoms with Crippen LogP contribution in [-0.2, 0) is 40.9 Å². The average Bonchev–Trinajstić information content (AvgIpc) is 2.95. The number of nitrogens with zero attached hydrogens (tertiary/aromatic N) is 3. The Bertz CT molecular complexity index is 1130. The van der Waals surface area contributed by atoms with E-state index in [1.165, 1.54) is 28.4 Å². The van der Waals surface area contributed by atoms with Crippen molar-refractivity contribution in [3.63, 3.8) is 0 Å². The lowest BCUT2D eigenvalue weighted by molar-refractivity contribution is 0.204. The van der Waals surface area contributed by atoms with Gasteiger partial charge in [0, 0.05) is 20.8 Å². The molecule has 0 aliphatic heterocycles. The second-order valence-electron chi connectivity index (χ2n) is 8.13. The Morgan fingerprint density at radius 3 is 2.15 bits per heavy atom. The molecule has 0 heterocycles. The van der Waals surface area contributed by atoms with Gasteiger partial charge in [0.25, 0.3) is 0 Å². The maximum atomic E-state index is 12.7. The van der Waals surface area contributed by atoms with Crippen LogP contribution in [0.1, 0.15) is 11.1 Å². The van der Waals surface area contributed by atoms with Gasteiger partial charge in [0.05, 0.1) is 27.5 Å². The molecule has 0 amide bonds. The molecular formula is C22H37N3O8P6S+2. The number of benzene rings is 2. The molecule has 0 aliphatic rings. The van der Waals surface area contributed by atoms with Crippen LogP contribution in [0.5, 0.6) is 11.5 Å². The second-order valence-corrected chi connectivity index (χ2v) is 20.6. The van der Waals surface area contributed by atoms with Crippen molar-refractivity contribution < 1.29 is 36.6 Å². The van der Waals surface area contributed by atoms with E-state index >= 15 is 0 Å². The molecule has 11 nitrogen and oxygen atoms in total. The molecule has 0 saturated heterocycles. The molecule has 0 saturated carbocycles. The Hall–Kier alpha value is -0.260. The van der Waals surface area contributed by atoms with Crippen molar-refractivity contribution in [1.29, 1.82) is 0 Å². The summed E-state index contributed by atoms with van der Waals surface area (Å²) in [4.78, 5) is 12.3. The SMILES string of the molecule is COP(=O)(CN(CCc1ccc(O[P+](=S)N(C)/N=C\c2ccc(OP(P)P)cc2)cc1)C[P+](O)(OC)OC)OC. The minimum atomic E-state index is -3.36. The molecule has 1 N–H and O–H groups in total. The maximum Gasteiger partial charge on any atom is 0.540 e. The van der Waals surface area contributed by atoms with Crippen LogP contribution < -0.4 is 9.05 Å². The molecule has 0 bridgehead atoms. The fraction of sp³-hybridized carbons (Fsp3) is 0.409. The molecule has 0 aliphatic carbocycles. The highest BCUT2D eigenvalue weighted by molar-refractivity contribution is 8.41.